The van der Waals surface area contributed by atoms with E-state index in [0.717, 1.165) is 15.8 Å². The van der Waals surface area contributed by atoms with E-state index in [0.29, 0.717) is 5.82 Å². The second-order valence-corrected chi connectivity index (χ2v) is 5.61. The lowest BCUT2D eigenvalue weighted by Gasteiger charge is -2.13. The number of hydrogen-bond acceptors (Lipinski definition) is 5. The van der Waals surface area contributed by atoms with E-state index in [-0.39, 0.29) is 12.1 Å². The highest BCUT2D eigenvalue weighted by Crippen LogP contribution is 2.25. The maximum absolute atomic E-state index is 13.7. The zero-order valence-electron chi connectivity index (χ0n) is 11.4. The van der Waals surface area contributed by atoms with Gasteiger partial charge in [0.1, 0.15) is 11.3 Å². The van der Waals surface area contributed by atoms with Crippen LogP contribution in [0.5, 0.6) is 0 Å². The fraction of sp³-hybridized carbons (Fsp3) is 0.200. The molecule has 0 aliphatic rings. The quantitative estimate of drug-likeness (QED) is 0.776. The molecule has 0 fully saturated rings. The van der Waals surface area contributed by atoms with Gasteiger partial charge in [-0.2, -0.15) is 4.37 Å². The van der Waals surface area contributed by atoms with E-state index in [1.807, 2.05) is 19.1 Å². The van der Waals surface area contributed by atoms with Gasteiger partial charge >= 0.3 is 0 Å². The van der Waals surface area contributed by atoms with Crippen LogP contribution >= 0.6 is 11.5 Å². The average molecular weight is 303 g/mol. The minimum atomic E-state index is -0.939. The zero-order chi connectivity index (χ0) is 14.8. The number of aliphatic hydroxyl groups is 1. The lowest BCUT2D eigenvalue weighted by molar-refractivity contribution is 0.186. The Hall–Kier alpha value is -2.05. The summed E-state index contributed by atoms with van der Waals surface area (Å²) in [5.41, 5.74) is 1.96. The number of aromatic nitrogens is 2. The molecule has 6 heteroatoms. The first-order chi connectivity index (χ1) is 10.1. The van der Waals surface area contributed by atoms with Gasteiger partial charge in [0.25, 0.3) is 0 Å². The van der Waals surface area contributed by atoms with Gasteiger partial charge in [-0.05, 0) is 36.7 Å². The van der Waals surface area contributed by atoms with Crippen LogP contribution in [0.4, 0.5) is 10.2 Å². The monoisotopic (exact) mass is 303 g/mol. The van der Waals surface area contributed by atoms with Crippen LogP contribution in [-0.4, -0.2) is 21.0 Å². The molecule has 21 heavy (non-hydrogen) atoms. The second-order valence-electron chi connectivity index (χ2n) is 4.80. The lowest BCUT2D eigenvalue weighted by Crippen LogP contribution is -2.14. The summed E-state index contributed by atoms with van der Waals surface area (Å²) < 4.78 is 19.0. The molecule has 1 atom stereocenters. The van der Waals surface area contributed by atoms with Crippen LogP contribution < -0.4 is 5.32 Å². The number of aryl methyl sites for hydroxylation is 1. The van der Waals surface area contributed by atoms with Crippen molar-refractivity contribution in [2.24, 2.45) is 0 Å². The fourth-order valence-corrected chi connectivity index (χ4v) is 2.83. The Morgan fingerprint density at radius 3 is 3.10 bits per heavy atom. The Labute approximate surface area is 125 Å². The van der Waals surface area contributed by atoms with E-state index in [1.54, 1.807) is 18.3 Å². The third kappa shape index (κ3) is 2.86. The van der Waals surface area contributed by atoms with E-state index < -0.39 is 11.9 Å². The highest BCUT2D eigenvalue weighted by molar-refractivity contribution is 7.13. The average Bonchev–Trinajstić information content (AvgIpc) is 2.90. The maximum atomic E-state index is 13.7. The predicted octanol–water partition coefficient (Wildman–Crippen LogP) is 3.28. The summed E-state index contributed by atoms with van der Waals surface area (Å²) in [7, 11) is 0. The molecule has 0 spiro atoms. The minimum absolute atomic E-state index is 0.176. The van der Waals surface area contributed by atoms with Gasteiger partial charge in [0.2, 0.25) is 0 Å². The van der Waals surface area contributed by atoms with Crippen LogP contribution in [-0.2, 0) is 0 Å². The van der Waals surface area contributed by atoms with E-state index in [4.69, 9.17) is 0 Å². The number of benzene rings is 1. The predicted molar refractivity (Wildman–Crippen MR) is 82.0 cm³/mol. The molecule has 0 aliphatic carbocycles. The summed E-state index contributed by atoms with van der Waals surface area (Å²) in [5.74, 6) is 0.207. The number of fused-ring (bicyclic) bond motifs is 1. The van der Waals surface area contributed by atoms with Gasteiger partial charge in [-0.15, -0.1) is 0 Å². The SMILES string of the molecule is Cc1ccc(F)c(C(O)CNc2nsc3cccnc23)c1. The molecule has 2 heterocycles. The Kier molecular flexibility index (Phi) is 3.81. The van der Waals surface area contributed by atoms with Crippen molar-refractivity contribution in [1.29, 1.82) is 0 Å². The van der Waals surface area contributed by atoms with E-state index in [1.165, 1.54) is 17.6 Å². The summed E-state index contributed by atoms with van der Waals surface area (Å²) in [6.07, 6.45) is 0.754. The molecule has 2 aromatic heterocycles. The van der Waals surface area contributed by atoms with Crippen molar-refractivity contribution in [3.8, 4) is 0 Å². The summed E-state index contributed by atoms with van der Waals surface area (Å²) in [5, 5.41) is 13.2. The molecule has 0 aliphatic heterocycles. The number of anilines is 1. The first kappa shape index (κ1) is 13.9. The van der Waals surface area contributed by atoms with Crippen LogP contribution in [0, 0.1) is 12.7 Å². The van der Waals surface area contributed by atoms with Crippen molar-refractivity contribution >= 4 is 27.6 Å². The second kappa shape index (κ2) is 5.75. The van der Waals surface area contributed by atoms with Crippen LogP contribution in [0.15, 0.2) is 36.5 Å². The molecular weight excluding hydrogens is 289 g/mol. The third-order valence-corrected chi connectivity index (χ3v) is 4.00. The van der Waals surface area contributed by atoms with Gasteiger partial charge in [-0.3, -0.25) is 4.98 Å². The number of hydrogen-bond donors (Lipinski definition) is 2. The summed E-state index contributed by atoms with van der Waals surface area (Å²) in [6.45, 7) is 2.04. The highest BCUT2D eigenvalue weighted by atomic mass is 32.1. The van der Waals surface area contributed by atoms with Gasteiger partial charge in [0, 0.05) is 18.3 Å². The molecule has 1 unspecified atom stereocenters. The molecule has 0 saturated carbocycles. The van der Waals surface area contributed by atoms with Crippen molar-refractivity contribution in [2.75, 3.05) is 11.9 Å². The summed E-state index contributed by atoms with van der Waals surface area (Å²) in [4.78, 5) is 4.25. The number of rotatable bonds is 4. The standard InChI is InChI=1S/C15H14FN3OS/c1-9-4-5-11(16)10(7-9)12(20)8-18-15-14-13(21-19-15)3-2-6-17-14/h2-7,12,20H,8H2,1H3,(H,18,19). The molecule has 0 saturated heterocycles. The van der Waals surface area contributed by atoms with Crippen molar-refractivity contribution in [3.63, 3.8) is 0 Å². The molecule has 4 nitrogen and oxygen atoms in total. The van der Waals surface area contributed by atoms with Gasteiger partial charge in [0.15, 0.2) is 5.82 Å². The van der Waals surface area contributed by atoms with Gasteiger partial charge in [0.05, 0.1) is 10.8 Å². The number of nitrogens with zero attached hydrogens (tertiary/aromatic N) is 2. The first-order valence-corrected chi connectivity index (χ1v) is 7.31. The normalized spacial score (nSPS) is 12.5. The molecular formula is C15H14FN3OS. The molecule has 0 radical (unpaired) electrons. The van der Waals surface area contributed by atoms with Crippen molar-refractivity contribution < 1.29 is 9.50 Å². The summed E-state index contributed by atoms with van der Waals surface area (Å²) in [6, 6.07) is 8.48. The molecule has 108 valence electrons. The van der Waals surface area contributed by atoms with Gasteiger partial charge < -0.3 is 10.4 Å². The molecule has 1 aromatic carbocycles. The maximum Gasteiger partial charge on any atom is 0.166 e. The first-order valence-electron chi connectivity index (χ1n) is 6.53. The summed E-state index contributed by atoms with van der Waals surface area (Å²) >= 11 is 1.34. The Morgan fingerprint density at radius 2 is 2.24 bits per heavy atom. The Balaban J connectivity index is 1.76. The minimum Gasteiger partial charge on any atom is -0.386 e. The zero-order valence-corrected chi connectivity index (χ0v) is 12.2. The van der Waals surface area contributed by atoms with Gasteiger partial charge in [-0.1, -0.05) is 17.7 Å². The smallest absolute Gasteiger partial charge is 0.166 e. The Bertz CT molecular complexity index is 774. The largest absolute Gasteiger partial charge is 0.386 e. The number of aliphatic hydroxyl groups excluding tert-OH is 1. The molecule has 0 amide bonds. The molecule has 0 bridgehead atoms. The topological polar surface area (TPSA) is 58.0 Å². The van der Waals surface area contributed by atoms with E-state index in [2.05, 4.69) is 14.7 Å². The van der Waals surface area contributed by atoms with Crippen LogP contribution in [0.25, 0.3) is 10.2 Å². The third-order valence-electron chi connectivity index (χ3n) is 3.20. The van der Waals surface area contributed by atoms with Crippen LogP contribution in [0.3, 0.4) is 0 Å². The van der Waals surface area contributed by atoms with E-state index in [9.17, 15) is 9.50 Å². The van der Waals surface area contributed by atoms with Crippen molar-refractivity contribution in [3.05, 3.63) is 53.5 Å². The van der Waals surface area contributed by atoms with Crippen LogP contribution in [0.2, 0.25) is 0 Å². The number of pyridine rings is 1. The van der Waals surface area contributed by atoms with E-state index >= 15 is 0 Å². The molecule has 3 rings (SSSR count). The highest BCUT2D eigenvalue weighted by Gasteiger charge is 2.14. The van der Waals surface area contributed by atoms with Gasteiger partial charge in [-0.25, -0.2) is 4.39 Å². The molecule has 2 N–H and O–H groups in total. The molecule has 3 aromatic rings. The lowest BCUT2D eigenvalue weighted by atomic mass is 10.1. The van der Waals surface area contributed by atoms with Crippen LogP contribution in [0.1, 0.15) is 17.2 Å². The Morgan fingerprint density at radius 1 is 1.38 bits per heavy atom. The number of halogens is 1. The van der Waals surface area contributed by atoms with Crippen molar-refractivity contribution in [1.82, 2.24) is 9.36 Å². The van der Waals surface area contributed by atoms with Crippen molar-refractivity contribution in [2.45, 2.75) is 13.0 Å². The number of nitrogens with one attached hydrogen (secondary N) is 1. The fourth-order valence-electron chi connectivity index (χ4n) is 2.12.